The molecular formula is C19H31NO. The predicted octanol–water partition coefficient (Wildman–Crippen LogP) is 4.95. The van der Waals surface area contributed by atoms with Crippen LogP contribution in [0.4, 0.5) is 0 Å². The zero-order chi connectivity index (χ0) is 15.2. The summed E-state index contributed by atoms with van der Waals surface area (Å²) in [6.07, 6.45) is 6.84. The van der Waals surface area contributed by atoms with Crippen LogP contribution in [0, 0.1) is 11.8 Å². The fourth-order valence-corrected chi connectivity index (χ4v) is 3.68. The monoisotopic (exact) mass is 289 g/mol. The average Bonchev–Trinajstić information content (AvgIpc) is 2.47. The van der Waals surface area contributed by atoms with Crippen LogP contribution >= 0.6 is 0 Å². The van der Waals surface area contributed by atoms with Crippen molar-refractivity contribution in [3.63, 3.8) is 0 Å². The number of rotatable bonds is 6. The van der Waals surface area contributed by atoms with Crippen molar-refractivity contribution in [2.24, 2.45) is 11.8 Å². The Balaban J connectivity index is 1.90. The summed E-state index contributed by atoms with van der Waals surface area (Å²) >= 11 is 0. The summed E-state index contributed by atoms with van der Waals surface area (Å²) in [6, 6.07) is 9.48. The van der Waals surface area contributed by atoms with Gasteiger partial charge in [-0.15, -0.1) is 0 Å². The van der Waals surface area contributed by atoms with E-state index in [-0.39, 0.29) is 0 Å². The van der Waals surface area contributed by atoms with E-state index in [1.807, 2.05) is 6.07 Å². The largest absolute Gasteiger partial charge is 0.497 e. The van der Waals surface area contributed by atoms with Crippen molar-refractivity contribution in [3.05, 3.63) is 29.8 Å². The average molecular weight is 289 g/mol. The van der Waals surface area contributed by atoms with Gasteiger partial charge in [-0.1, -0.05) is 38.8 Å². The minimum atomic E-state index is 0.392. The molecule has 2 heteroatoms. The molecule has 0 spiro atoms. The molecule has 3 atom stereocenters. The maximum Gasteiger partial charge on any atom is 0.119 e. The van der Waals surface area contributed by atoms with Crippen molar-refractivity contribution < 1.29 is 4.74 Å². The first kappa shape index (κ1) is 16.4. The molecule has 0 radical (unpaired) electrons. The zero-order valence-corrected chi connectivity index (χ0v) is 14.1. The van der Waals surface area contributed by atoms with E-state index in [2.05, 4.69) is 44.3 Å². The highest BCUT2D eigenvalue weighted by molar-refractivity contribution is 5.30. The first-order valence-electron chi connectivity index (χ1n) is 8.48. The normalized spacial score (nSPS) is 24.0. The Kier molecular flexibility index (Phi) is 6.10. The van der Waals surface area contributed by atoms with Gasteiger partial charge in [-0.25, -0.2) is 0 Å². The van der Waals surface area contributed by atoms with Crippen LogP contribution in [0.3, 0.4) is 0 Å². The zero-order valence-electron chi connectivity index (χ0n) is 14.1. The second kappa shape index (κ2) is 7.84. The molecule has 1 N–H and O–H groups in total. The van der Waals surface area contributed by atoms with Crippen molar-refractivity contribution in [2.45, 2.75) is 65.0 Å². The number of hydrogen-bond acceptors (Lipinski definition) is 2. The molecule has 1 aliphatic rings. The smallest absolute Gasteiger partial charge is 0.119 e. The van der Waals surface area contributed by atoms with Gasteiger partial charge in [0, 0.05) is 12.1 Å². The molecule has 1 saturated carbocycles. The van der Waals surface area contributed by atoms with Crippen LogP contribution in [-0.2, 0) is 0 Å². The molecule has 1 fully saturated rings. The Morgan fingerprint density at radius 3 is 2.76 bits per heavy atom. The predicted molar refractivity (Wildman–Crippen MR) is 89.7 cm³/mol. The van der Waals surface area contributed by atoms with Gasteiger partial charge < -0.3 is 10.1 Å². The number of hydrogen-bond donors (Lipinski definition) is 1. The van der Waals surface area contributed by atoms with Crippen molar-refractivity contribution >= 4 is 0 Å². The fourth-order valence-electron chi connectivity index (χ4n) is 3.68. The van der Waals surface area contributed by atoms with Gasteiger partial charge in [0.25, 0.3) is 0 Å². The van der Waals surface area contributed by atoms with Gasteiger partial charge in [0.15, 0.2) is 0 Å². The molecule has 0 heterocycles. The third kappa shape index (κ3) is 5.03. The standard InChI is InChI=1S/C19H31NO/c1-14(2)11-16-7-5-9-18(12-16)20-15(3)17-8-6-10-19(13-17)21-4/h6,8,10,13-16,18,20H,5,7,9,11-12H2,1-4H3/t15-,16?,18?/m1/s1. The van der Waals surface area contributed by atoms with Gasteiger partial charge in [-0.3, -0.25) is 0 Å². The van der Waals surface area contributed by atoms with Gasteiger partial charge in [-0.2, -0.15) is 0 Å². The van der Waals surface area contributed by atoms with Crippen molar-refractivity contribution in [1.82, 2.24) is 5.32 Å². The summed E-state index contributed by atoms with van der Waals surface area (Å²) in [4.78, 5) is 0. The number of benzene rings is 1. The molecular weight excluding hydrogens is 258 g/mol. The van der Waals surface area contributed by atoms with E-state index < -0.39 is 0 Å². The SMILES string of the molecule is COc1cccc([C@@H](C)NC2CCCC(CC(C)C)C2)c1. The Hall–Kier alpha value is -1.02. The van der Waals surface area contributed by atoms with Crippen LogP contribution in [0.25, 0.3) is 0 Å². The maximum absolute atomic E-state index is 5.33. The Morgan fingerprint density at radius 2 is 2.05 bits per heavy atom. The lowest BCUT2D eigenvalue weighted by Crippen LogP contribution is -2.36. The van der Waals surface area contributed by atoms with Gasteiger partial charge in [0.2, 0.25) is 0 Å². The number of ether oxygens (including phenoxy) is 1. The molecule has 1 aliphatic carbocycles. The van der Waals surface area contributed by atoms with Gasteiger partial charge in [0.05, 0.1) is 7.11 Å². The molecule has 21 heavy (non-hydrogen) atoms. The molecule has 0 amide bonds. The molecule has 2 nitrogen and oxygen atoms in total. The minimum absolute atomic E-state index is 0.392. The molecule has 0 saturated heterocycles. The topological polar surface area (TPSA) is 21.3 Å². The Labute approximate surface area is 130 Å². The molecule has 0 aliphatic heterocycles. The minimum Gasteiger partial charge on any atom is -0.497 e. The van der Waals surface area contributed by atoms with E-state index in [9.17, 15) is 0 Å². The molecule has 1 aromatic rings. The summed E-state index contributed by atoms with van der Waals surface area (Å²) in [6.45, 7) is 6.95. The van der Waals surface area contributed by atoms with Crippen LogP contribution in [0.1, 0.15) is 64.5 Å². The lowest BCUT2D eigenvalue weighted by atomic mass is 9.81. The lowest BCUT2D eigenvalue weighted by Gasteiger charge is -2.33. The third-order valence-electron chi connectivity index (χ3n) is 4.67. The molecule has 0 aromatic heterocycles. The summed E-state index contributed by atoms with van der Waals surface area (Å²) in [5, 5.41) is 3.83. The summed E-state index contributed by atoms with van der Waals surface area (Å²) < 4.78 is 5.33. The molecule has 2 rings (SSSR count). The van der Waals surface area contributed by atoms with E-state index >= 15 is 0 Å². The van der Waals surface area contributed by atoms with E-state index in [1.165, 1.54) is 37.7 Å². The Morgan fingerprint density at radius 1 is 1.24 bits per heavy atom. The van der Waals surface area contributed by atoms with Crippen LogP contribution < -0.4 is 10.1 Å². The molecule has 0 bridgehead atoms. The van der Waals surface area contributed by atoms with Gasteiger partial charge >= 0.3 is 0 Å². The third-order valence-corrected chi connectivity index (χ3v) is 4.67. The highest BCUT2D eigenvalue weighted by atomic mass is 16.5. The highest BCUT2D eigenvalue weighted by Crippen LogP contribution is 2.31. The first-order chi connectivity index (χ1) is 10.1. The van der Waals surface area contributed by atoms with E-state index in [0.29, 0.717) is 12.1 Å². The summed E-state index contributed by atoms with van der Waals surface area (Å²) in [7, 11) is 1.73. The van der Waals surface area contributed by atoms with Gasteiger partial charge in [0.1, 0.15) is 5.75 Å². The molecule has 2 unspecified atom stereocenters. The van der Waals surface area contributed by atoms with Crippen molar-refractivity contribution in [3.8, 4) is 5.75 Å². The van der Waals surface area contributed by atoms with Crippen LogP contribution in [0.5, 0.6) is 5.75 Å². The van der Waals surface area contributed by atoms with Crippen LogP contribution in [0.15, 0.2) is 24.3 Å². The quantitative estimate of drug-likeness (QED) is 0.800. The van der Waals surface area contributed by atoms with Crippen LogP contribution in [-0.4, -0.2) is 13.2 Å². The lowest BCUT2D eigenvalue weighted by molar-refractivity contribution is 0.242. The van der Waals surface area contributed by atoms with Crippen molar-refractivity contribution in [1.29, 1.82) is 0 Å². The second-order valence-electron chi connectivity index (χ2n) is 7.02. The van der Waals surface area contributed by atoms with E-state index in [4.69, 9.17) is 4.74 Å². The molecule has 118 valence electrons. The highest BCUT2D eigenvalue weighted by Gasteiger charge is 2.23. The van der Waals surface area contributed by atoms with Crippen LogP contribution in [0.2, 0.25) is 0 Å². The van der Waals surface area contributed by atoms with E-state index in [0.717, 1.165) is 17.6 Å². The number of methoxy groups -OCH3 is 1. The molecule has 1 aromatic carbocycles. The van der Waals surface area contributed by atoms with Gasteiger partial charge in [-0.05, 0) is 55.7 Å². The fraction of sp³-hybridized carbons (Fsp3) is 0.684. The first-order valence-corrected chi connectivity index (χ1v) is 8.48. The summed E-state index contributed by atoms with van der Waals surface area (Å²) in [5.41, 5.74) is 1.32. The summed E-state index contributed by atoms with van der Waals surface area (Å²) in [5.74, 6) is 2.68. The van der Waals surface area contributed by atoms with Crippen molar-refractivity contribution in [2.75, 3.05) is 7.11 Å². The second-order valence-corrected chi connectivity index (χ2v) is 7.02. The maximum atomic E-state index is 5.33. The Bertz CT molecular complexity index is 429. The number of nitrogens with one attached hydrogen (secondary N) is 1. The van der Waals surface area contributed by atoms with E-state index in [1.54, 1.807) is 7.11 Å².